The van der Waals surface area contributed by atoms with Crippen LogP contribution in [0.15, 0.2) is 30.3 Å². The zero-order valence-corrected chi connectivity index (χ0v) is 12.7. The first-order chi connectivity index (χ1) is 9.36. The Balaban J connectivity index is 2.55. The molecule has 0 aromatic heterocycles. The molecule has 0 bridgehead atoms. The second-order valence-corrected chi connectivity index (χ2v) is 5.46. The average Bonchev–Trinajstić information content (AvgIpc) is 2.32. The van der Waals surface area contributed by atoms with Crippen LogP contribution in [0.5, 0.6) is 5.75 Å². The molecular weight excluding hydrogens is 352 g/mol. The monoisotopic (exact) mass is 356 g/mol. The van der Waals surface area contributed by atoms with Gasteiger partial charge in [0, 0.05) is 15.6 Å². The molecule has 2 rings (SSSR count). The molecule has 2 aromatic carbocycles. The van der Waals surface area contributed by atoms with Crippen LogP contribution in [0.25, 0.3) is 11.1 Å². The van der Waals surface area contributed by atoms with Crippen molar-refractivity contribution < 1.29 is 13.5 Å². The van der Waals surface area contributed by atoms with E-state index < -0.39 is 6.61 Å². The number of ether oxygens (including phenoxy) is 1. The Hall–Kier alpha value is -0.740. The van der Waals surface area contributed by atoms with Crippen LogP contribution < -0.4 is 4.74 Å². The summed E-state index contributed by atoms with van der Waals surface area (Å²) in [7, 11) is 0. The Morgan fingerprint density at radius 3 is 2.15 bits per heavy atom. The van der Waals surface area contributed by atoms with E-state index in [9.17, 15) is 8.78 Å². The van der Waals surface area contributed by atoms with Crippen molar-refractivity contribution >= 4 is 46.4 Å². The molecule has 0 unspecified atom stereocenters. The first kappa shape index (κ1) is 15.6. The van der Waals surface area contributed by atoms with E-state index in [0.717, 1.165) is 0 Å². The Bertz CT molecular complexity index is 647. The first-order valence-electron chi connectivity index (χ1n) is 5.27. The standard InChI is InChI=1S/C13H6Cl4F2O/c14-7-1-6(2-9(3-7)20-13(18)19)10-4-8(15)5-11(16)12(10)17/h1-5,13H. The van der Waals surface area contributed by atoms with E-state index in [1.165, 1.54) is 18.2 Å². The summed E-state index contributed by atoms with van der Waals surface area (Å²) in [5, 5.41) is 1.10. The van der Waals surface area contributed by atoms with Crippen molar-refractivity contribution in [1.29, 1.82) is 0 Å². The summed E-state index contributed by atoms with van der Waals surface area (Å²) in [6.07, 6.45) is 0. The molecule has 0 heterocycles. The highest BCUT2D eigenvalue weighted by atomic mass is 35.5. The van der Waals surface area contributed by atoms with Gasteiger partial charge in [0.15, 0.2) is 0 Å². The fraction of sp³-hybridized carbons (Fsp3) is 0.0769. The smallest absolute Gasteiger partial charge is 0.387 e. The van der Waals surface area contributed by atoms with Crippen LogP contribution in [0.1, 0.15) is 0 Å². The van der Waals surface area contributed by atoms with Gasteiger partial charge >= 0.3 is 6.61 Å². The molecule has 0 fully saturated rings. The highest BCUT2D eigenvalue weighted by Crippen LogP contribution is 2.38. The molecule has 2 aromatic rings. The molecule has 0 amide bonds. The lowest BCUT2D eigenvalue weighted by Crippen LogP contribution is -2.01. The number of rotatable bonds is 3. The molecular formula is C13H6Cl4F2O. The van der Waals surface area contributed by atoms with E-state index in [1.54, 1.807) is 12.1 Å². The van der Waals surface area contributed by atoms with Crippen LogP contribution in [-0.4, -0.2) is 6.61 Å². The molecule has 0 aliphatic heterocycles. The lowest BCUT2D eigenvalue weighted by atomic mass is 10.1. The molecule has 20 heavy (non-hydrogen) atoms. The summed E-state index contributed by atoms with van der Waals surface area (Å²) in [6.45, 7) is -2.94. The fourth-order valence-corrected chi connectivity index (χ4v) is 2.59. The Morgan fingerprint density at radius 1 is 0.850 bits per heavy atom. The number of hydrogen-bond acceptors (Lipinski definition) is 1. The third kappa shape index (κ3) is 3.67. The minimum absolute atomic E-state index is 0.0744. The van der Waals surface area contributed by atoms with Gasteiger partial charge in [-0.2, -0.15) is 8.78 Å². The molecule has 1 nitrogen and oxygen atoms in total. The highest BCUT2D eigenvalue weighted by Gasteiger charge is 2.13. The highest BCUT2D eigenvalue weighted by molar-refractivity contribution is 6.45. The van der Waals surface area contributed by atoms with Crippen molar-refractivity contribution in [3.63, 3.8) is 0 Å². The van der Waals surface area contributed by atoms with Gasteiger partial charge < -0.3 is 4.74 Å². The molecule has 0 spiro atoms. The molecule has 0 saturated carbocycles. The third-order valence-electron chi connectivity index (χ3n) is 2.40. The van der Waals surface area contributed by atoms with Gasteiger partial charge in [-0.1, -0.05) is 46.4 Å². The summed E-state index contributed by atoms with van der Waals surface area (Å²) in [4.78, 5) is 0. The Morgan fingerprint density at radius 2 is 1.50 bits per heavy atom. The maximum atomic E-state index is 12.3. The SMILES string of the molecule is FC(F)Oc1cc(Cl)cc(-c2cc(Cl)cc(Cl)c2Cl)c1. The van der Waals surface area contributed by atoms with E-state index in [-0.39, 0.29) is 20.8 Å². The average molecular weight is 358 g/mol. The van der Waals surface area contributed by atoms with E-state index in [4.69, 9.17) is 46.4 Å². The minimum atomic E-state index is -2.94. The first-order valence-corrected chi connectivity index (χ1v) is 6.78. The van der Waals surface area contributed by atoms with E-state index >= 15 is 0 Å². The lowest BCUT2D eigenvalue weighted by molar-refractivity contribution is -0.0498. The van der Waals surface area contributed by atoms with Crippen LogP contribution in [0.4, 0.5) is 8.78 Å². The summed E-state index contributed by atoms with van der Waals surface area (Å²) < 4.78 is 28.9. The molecule has 106 valence electrons. The van der Waals surface area contributed by atoms with Crippen LogP contribution in [-0.2, 0) is 0 Å². The number of halogens is 6. The van der Waals surface area contributed by atoms with Crippen LogP contribution in [0.3, 0.4) is 0 Å². The number of hydrogen-bond donors (Lipinski definition) is 0. The summed E-state index contributed by atoms with van der Waals surface area (Å²) in [5.41, 5.74) is 0.952. The lowest BCUT2D eigenvalue weighted by Gasteiger charge is -2.11. The van der Waals surface area contributed by atoms with Crippen molar-refractivity contribution in [1.82, 2.24) is 0 Å². The summed E-state index contributed by atoms with van der Waals surface area (Å²) in [5.74, 6) is -0.0744. The molecule has 0 N–H and O–H groups in total. The minimum Gasteiger partial charge on any atom is -0.435 e. The molecule has 0 radical (unpaired) electrons. The van der Waals surface area contributed by atoms with Crippen LogP contribution in [0.2, 0.25) is 20.1 Å². The van der Waals surface area contributed by atoms with Crippen LogP contribution in [0, 0.1) is 0 Å². The van der Waals surface area contributed by atoms with Gasteiger partial charge in [0.2, 0.25) is 0 Å². The normalized spacial score (nSPS) is 10.9. The predicted octanol–water partition coefficient (Wildman–Crippen LogP) is 6.57. The maximum absolute atomic E-state index is 12.3. The van der Waals surface area contributed by atoms with E-state index in [1.807, 2.05) is 0 Å². The van der Waals surface area contributed by atoms with Gasteiger partial charge in [0.05, 0.1) is 10.0 Å². The second-order valence-electron chi connectivity index (χ2n) is 3.80. The van der Waals surface area contributed by atoms with E-state index in [2.05, 4.69) is 4.74 Å². The molecule has 0 aliphatic rings. The Kier molecular flexibility index (Phi) is 4.97. The fourth-order valence-electron chi connectivity index (χ4n) is 1.66. The summed E-state index contributed by atoms with van der Waals surface area (Å²) >= 11 is 23.8. The van der Waals surface area contributed by atoms with Crippen LogP contribution >= 0.6 is 46.4 Å². The molecule has 0 saturated heterocycles. The third-order valence-corrected chi connectivity index (χ3v) is 3.64. The maximum Gasteiger partial charge on any atom is 0.387 e. The second kappa shape index (κ2) is 6.35. The number of benzene rings is 2. The largest absolute Gasteiger partial charge is 0.435 e. The zero-order chi connectivity index (χ0) is 14.9. The van der Waals surface area contributed by atoms with Gasteiger partial charge in [-0.05, 0) is 35.9 Å². The van der Waals surface area contributed by atoms with E-state index in [0.29, 0.717) is 16.1 Å². The van der Waals surface area contributed by atoms with Gasteiger partial charge in [-0.25, -0.2) is 0 Å². The Labute approximate surface area is 134 Å². The predicted molar refractivity (Wildman–Crippen MR) is 78.6 cm³/mol. The van der Waals surface area contributed by atoms with Crippen molar-refractivity contribution in [2.24, 2.45) is 0 Å². The van der Waals surface area contributed by atoms with Crippen molar-refractivity contribution in [3.05, 3.63) is 50.4 Å². The molecule has 7 heteroatoms. The molecule has 0 aliphatic carbocycles. The summed E-state index contributed by atoms with van der Waals surface area (Å²) in [6, 6.07) is 7.25. The van der Waals surface area contributed by atoms with Gasteiger partial charge in [0.25, 0.3) is 0 Å². The molecule has 0 atom stereocenters. The van der Waals surface area contributed by atoms with Crippen molar-refractivity contribution in [2.45, 2.75) is 6.61 Å². The van der Waals surface area contributed by atoms with Crippen molar-refractivity contribution in [3.8, 4) is 16.9 Å². The zero-order valence-electron chi connectivity index (χ0n) is 9.64. The topological polar surface area (TPSA) is 9.23 Å². The van der Waals surface area contributed by atoms with Crippen molar-refractivity contribution in [2.75, 3.05) is 0 Å². The van der Waals surface area contributed by atoms with Gasteiger partial charge in [-0.3, -0.25) is 0 Å². The van der Waals surface area contributed by atoms with Gasteiger partial charge in [-0.15, -0.1) is 0 Å². The van der Waals surface area contributed by atoms with Gasteiger partial charge in [0.1, 0.15) is 5.75 Å². The quantitative estimate of drug-likeness (QED) is 0.564. The number of alkyl halides is 2.